The van der Waals surface area contributed by atoms with Gasteiger partial charge in [-0.3, -0.25) is 0 Å². The van der Waals surface area contributed by atoms with E-state index in [1.165, 1.54) is 15.3 Å². The van der Waals surface area contributed by atoms with Crippen molar-refractivity contribution in [3.8, 4) is 5.69 Å². The van der Waals surface area contributed by atoms with E-state index >= 15 is 0 Å². The molecule has 3 rings (SSSR count). The zero-order valence-electron chi connectivity index (χ0n) is 13.2. The SMILES string of the molecule is CC1CN(S(=O)(=O)c2ccc(-n3cnnn3)cc2)CC(C)(C)O1. The summed E-state index contributed by atoms with van der Waals surface area (Å²) in [6, 6.07) is 6.50. The van der Waals surface area contributed by atoms with Crippen LogP contribution < -0.4 is 0 Å². The smallest absolute Gasteiger partial charge is 0.243 e. The van der Waals surface area contributed by atoms with Crippen molar-refractivity contribution in [2.24, 2.45) is 0 Å². The van der Waals surface area contributed by atoms with E-state index in [0.717, 1.165) is 0 Å². The minimum absolute atomic E-state index is 0.144. The fourth-order valence-electron chi connectivity index (χ4n) is 2.78. The maximum Gasteiger partial charge on any atom is 0.243 e. The molecule has 0 amide bonds. The number of hydrogen-bond acceptors (Lipinski definition) is 6. The van der Waals surface area contributed by atoms with Gasteiger partial charge >= 0.3 is 0 Å². The van der Waals surface area contributed by atoms with Gasteiger partial charge in [-0.2, -0.15) is 4.31 Å². The highest BCUT2D eigenvalue weighted by molar-refractivity contribution is 7.89. The number of benzene rings is 1. The fourth-order valence-corrected chi connectivity index (χ4v) is 4.44. The first-order valence-electron chi connectivity index (χ1n) is 7.29. The summed E-state index contributed by atoms with van der Waals surface area (Å²) in [5.41, 5.74) is 0.196. The van der Waals surface area contributed by atoms with E-state index in [1.807, 2.05) is 20.8 Å². The molecule has 2 aromatic rings. The Kier molecular flexibility index (Phi) is 3.95. The Labute approximate surface area is 135 Å². The predicted molar refractivity (Wildman–Crippen MR) is 82.5 cm³/mol. The minimum Gasteiger partial charge on any atom is -0.370 e. The van der Waals surface area contributed by atoms with Crippen LogP contribution in [0, 0.1) is 0 Å². The van der Waals surface area contributed by atoms with E-state index < -0.39 is 15.6 Å². The average molecular weight is 337 g/mol. The lowest BCUT2D eigenvalue weighted by Crippen LogP contribution is -2.53. The van der Waals surface area contributed by atoms with Gasteiger partial charge < -0.3 is 4.74 Å². The van der Waals surface area contributed by atoms with Gasteiger partial charge in [-0.25, -0.2) is 13.1 Å². The molecule has 0 radical (unpaired) electrons. The lowest BCUT2D eigenvalue weighted by atomic mass is 10.1. The Hall–Kier alpha value is -1.84. The number of sulfonamides is 1. The standard InChI is InChI=1S/C14H19N5O3S/c1-11-8-18(9-14(2,3)22-11)23(20,21)13-6-4-12(5-7-13)19-10-15-16-17-19/h4-7,10-11H,8-9H2,1-3H3. The van der Waals surface area contributed by atoms with Crippen LogP contribution in [0.4, 0.5) is 0 Å². The van der Waals surface area contributed by atoms with Crippen LogP contribution in [-0.4, -0.2) is 57.7 Å². The Morgan fingerprint density at radius 3 is 2.52 bits per heavy atom. The second-order valence-electron chi connectivity index (χ2n) is 6.23. The molecule has 0 aliphatic carbocycles. The molecule has 23 heavy (non-hydrogen) atoms. The summed E-state index contributed by atoms with van der Waals surface area (Å²) in [5.74, 6) is 0. The van der Waals surface area contributed by atoms with E-state index in [0.29, 0.717) is 18.8 Å². The average Bonchev–Trinajstić information content (AvgIpc) is 2.99. The summed E-state index contributed by atoms with van der Waals surface area (Å²) in [7, 11) is -3.56. The van der Waals surface area contributed by atoms with Crippen LogP contribution in [0.1, 0.15) is 20.8 Å². The molecular weight excluding hydrogens is 318 g/mol. The molecule has 1 aliphatic heterocycles. The van der Waals surface area contributed by atoms with Gasteiger partial charge in [-0.05, 0) is 55.5 Å². The number of aromatic nitrogens is 4. The highest BCUT2D eigenvalue weighted by Gasteiger charge is 2.37. The Morgan fingerprint density at radius 2 is 1.96 bits per heavy atom. The molecule has 0 bridgehead atoms. The van der Waals surface area contributed by atoms with E-state index in [-0.39, 0.29) is 11.0 Å². The Morgan fingerprint density at radius 1 is 1.26 bits per heavy atom. The molecule has 1 fully saturated rings. The number of morpholine rings is 1. The van der Waals surface area contributed by atoms with Crippen molar-refractivity contribution in [3.63, 3.8) is 0 Å². The van der Waals surface area contributed by atoms with Gasteiger partial charge in [-0.1, -0.05) is 0 Å². The van der Waals surface area contributed by atoms with Crippen molar-refractivity contribution >= 4 is 10.0 Å². The first kappa shape index (κ1) is 16.0. The largest absolute Gasteiger partial charge is 0.370 e. The number of tetrazole rings is 1. The molecule has 1 aromatic carbocycles. The van der Waals surface area contributed by atoms with Crippen LogP contribution in [0.3, 0.4) is 0 Å². The van der Waals surface area contributed by atoms with Crippen molar-refractivity contribution in [2.45, 2.75) is 37.4 Å². The maximum absolute atomic E-state index is 12.8. The van der Waals surface area contributed by atoms with Gasteiger partial charge in [-0.15, -0.1) is 5.10 Å². The molecule has 0 spiro atoms. The molecule has 9 heteroatoms. The fraction of sp³-hybridized carbons (Fsp3) is 0.500. The molecule has 0 saturated carbocycles. The highest BCUT2D eigenvalue weighted by atomic mass is 32.2. The van der Waals surface area contributed by atoms with Gasteiger partial charge in [0.15, 0.2) is 0 Å². The molecule has 1 unspecified atom stereocenters. The summed E-state index contributed by atoms with van der Waals surface area (Å²) < 4.78 is 34.4. The lowest BCUT2D eigenvalue weighted by Gasteiger charge is -2.40. The monoisotopic (exact) mass is 337 g/mol. The third-order valence-electron chi connectivity index (χ3n) is 3.63. The van der Waals surface area contributed by atoms with Crippen LogP contribution in [0.15, 0.2) is 35.5 Å². The van der Waals surface area contributed by atoms with Crippen molar-refractivity contribution in [3.05, 3.63) is 30.6 Å². The summed E-state index contributed by atoms with van der Waals surface area (Å²) in [5, 5.41) is 10.9. The van der Waals surface area contributed by atoms with Gasteiger partial charge in [0.1, 0.15) is 6.33 Å². The molecule has 8 nitrogen and oxygen atoms in total. The predicted octanol–water partition coefficient (Wildman–Crippen LogP) is 0.850. The van der Waals surface area contributed by atoms with Gasteiger partial charge in [0.2, 0.25) is 10.0 Å². The second kappa shape index (κ2) is 5.66. The zero-order valence-corrected chi connectivity index (χ0v) is 14.1. The Bertz CT molecular complexity index is 771. The summed E-state index contributed by atoms with van der Waals surface area (Å²) in [4.78, 5) is 0.249. The first-order valence-corrected chi connectivity index (χ1v) is 8.73. The van der Waals surface area contributed by atoms with Crippen molar-refractivity contribution < 1.29 is 13.2 Å². The summed E-state index contributed by atoms with van der Waals surface area (Å²) in [6.07, 6.45) is 1.31. The second-order valence-corrected chi connectivity index (χ2v) is 8.17. The third kappa shape index (κ3) is 3.26. The molecule has 0 N–H and O–H groups in total. The van der Waals surface area contributed by atoms with Crippen LogP contribution in [0.2, 0.25) is 0 Å². The highest BCUT2D eigenvalue weighted by Crippen LogP contribution is 2.26. The van der Waals surface area contributed by atoms with Crippen LogP contribution in [0.25, 0.3) is 5.69 Å². The molecule has 1 atom stereocenters. The number of hydrogen-bond donors (Lipinski definition) is 0. The summed E-state index contributed by atoms with van der Waals surface area (Å²) in [6.45, 7) is 6.34. The normalized spacial score (nSPS) is 22.1. The lowest BCUT2D eigenvalue weighted by molar-refractivity contribution is -0.109. The zero-order chi connectivity index (χ0) is 16.7. The minimum atomic E-state index is -3.56. The van der Waals surface area contributed by atoms with E-state index in [4.69, 9.17) is 4.74 Å². The van der Waals surface area contributed by atoms with Gasteiger partial charge in [0.05, 0.1) is 22.3 Å². The number of ether oxygens (including phenoxy) is 1. The molecule has 1 aliphatic rings. The molecule has 2 heterocycles. The van der Waals surface area contributed by atoms with E-state index in [9.17, 15) is 8.42 Å². The van der Waals surface area contributed by atoms with Crippen LogP contribution in [-0.2, 0) is 14.8 Å². The van der Waals surface area contributed by atoms with Crippen molar-refractivity contribution in [1.29, 1.82) is 0 Å². The van der Waals surface area contributed by atoms with Crippen LogP contribution in [0.5, 0.6) is 0 Å². The van der Waals surface area contributed by atoms with Crippen molar-refractivity contribution in [2.75, 3.05) is 13.1 Å². The van der Waals surface area contributed by atoms with E-state index in [1.54, 1.807) is 24.3 Å². The number of rotatable bonds is 3. The van der Waals surface area contributed by atoms with Gasteiger partial charge in [0, 0.05) is 13.1 Å². The van der Waals surface area contributed by atoms with E-state index in [2.05, 4.69) is 15.5 Å². The summed E-state index contributed by atoms with van der Waals surface area (Å²) >= 11 is 0. The molecule has 1 aromatic heterocycles. The molecular formula is C14H19N5O3S. The third-order valence-corrected chi connectivity index (χ3v) is 5.45. The topological polar surface area (TPSA) is 90.2 Å². The van der Waals surface area contributed by atoms with Crippen LogP contribution >= 0.6 is 0 Å². The molecule has 124 valence electrons. The Balaban J connectivity index is 1.88. The quantitative estimate of drug-likeness (QED) is 0.825. The first-order chi connectivity index (χ1) is 10.8. The van der Waals surface area contributed by atoms with Crippen molar-refractivity contribution in [1.82, 2.24) is 24.5 Å². The molecule has 1 saturated heterocycles. The van der Waals surface area contributed by atoms with Gasteiger partial charge in [0.25, 0.3) is 0 Å². The maximum atomic E-state index is 12.8. The number of nitrogens with zero attached hydrogens (tertiary/aromatic N) is 5.